The predicted octanol–water partition coefficient (Wildman–Crippen LogP) is 5.97. The summed E-state index contributed by atoms with van der Waals surface area (Å²) in [6, 6.07) is 25.1. The lowest BCUT2D eigenvalue weighted by molar-refractivity contribution is 0.102. The zero-order chi connectivity index (χ0) is 29.9. The first-order valence-corrected chi connectivity index (χ1v) is 15.4. The summed E-state index contributed by atoms with van der Waals surface area (Å²) in [6.07, 6.45) is 0. The van der Waals surface area contributed by atoms with E-state index in [1.54, 1.807) is 36.4 Å². The molecule has 10 nitrogen and oxygen atoms in total. The molecule has 1 aromatic heterocycles. The Kier molecular flexibility index (Phi) is 8.48. The number of phenols is 1. The molecule has 1 atom stereocenters. The van der Waals surface area contributed by atoms with E-state index in [0.29, 0.717) is 32.0 Å². The molecule has 0 aliphatic carbocycles. The van der Waals surface area contributed by atoms with Gasteiger partial charge in [0.1, 0.15) is 11.1 Å². The number of anilines is 2. The first-order chi connectivity index (χ1) is 20.1. The Morgan fingerprint density at radius 3 is 2.43 bits per heavy atom. The van der Waals surface area contributed by atoms with Gasteiger partial charge in [0.25, 0.3) is 5.91 Å². The number of phenolic OH excluding ortho intramolecular Hbond substituents is 1. The number of hydrogen-bond donors (Lipinski definition) is 3. The number of aromatic nitrogens is 4. The van der Waals surface area contributed by atoms with Gasteiger partial charge in [0.05, 0.1) is 22.0 Å². The molecular weight excluding hydrogens is 596 g/mol. The Balaban J connectivity index is 1.52. The zero-order valence-corrected chi connectivity index (χ0v) is 24.8. The van der Waals surface area contributed by atoms with E-state index in [0.717, 1.165) is 17.3 Å². The maximum atomic E-state index is 13.4. The summed E-state index contributed by atoms with van der Waals surface area (Å²) in [5.41, 5.74) is 2.26. The molecule has 0 bridgehead atoms. The fourth-order valence-corrected chi connectivity index (χ4v) is 6.37. The molecule has 4 aromatic carbocycles. The fraction of sp³-hybridized carbons (Fsp3) is 0.103. The molecule has 0 radical (unpaired) electrons. The average Bonchev–Trinajstić information content (AvgIpc) is 3.44. The second-order valence-corrected chi connectivity index (χ2v) is 13.0. The average molecular weight is 621 g/mol. The number of halogens is 1. The minimum Gasteiger partial charge on any atom is -0.506 e. The van der Waals surface area contributed by atoms with Crippen molar-refractivity contribution in [1.29, 1.82) is 0 Å². The lowest BCUT2D eigenvalue weighted by Crippen LogP contribution is -2.27. The van der Waals surface area contributed by atoms with Gasteiger partial charge < -0.3 is 15.7 Å². The molecule has 0 saturated carbocycles. The van der Waals surface area contributed by atoms with Gasteiger partial charge in [-0.2, -0.15) is 4.68 Å². The Labute approximate surface area is 251 Å². The van der Waals surface area contributed by atoms with E-state index in [-0.39, 0.29) is 16.3 Å². The van der Waals surface area contributed by atoms with Crippen LogP contribution in [-0.4, -0.2) is 45.0 Å². The number of aryl methyl sites for hydroxylation is 1. The summed E-state index contributed by atoms with van der Waals surface area (Å²) in [6.45, 7) is 3.34. The van der Waals surface area contributed by atoms with E-state index in [1.807, 2.05) is 43.3 Å². The number of sulfone groups is 1. The summed E-state index contributed by atoms with van der Waals surface area (Å²) in [4.78, 5) is 13.5. The van der Waals surface area contributed by atoms with Gasteiger partial charge in [-0.25, -0.2) is 8.42 Å². The molecule has 1 heterocycles. The normalized spacial score (nSPS) is 12.1. The maximum Gasteiger partial charge on any atom is 0.255 e. The highest BCUT2D eigenvalue weighted by Gasteiger charge is 2.26. The van der Waals surface area contributed by atoms with E-state index >= 15 is 0 Å². The van der Waals surface area contributed by atoms with E-state index in [2.05, 4.69) is 26.2 Å². The van der Waals surface area contributed by atoms with Crippen LogP contribution in [0.3, 0.4) is 0 Å². The Bertz CT molecular complexity index is 1850. The number of rotatable bonds is 9. The lowest BCUT2D eigenvalue weighted by Gasteiger charge is -2.20. The zero-order valence-electron chi connectivity index (χ0n) is 22.4. The van der Waals surface area contributed by atoms with Crippen LogP contribution in [-0.2, 0) is 9.84 Å². The topological polar surface area (TPSA) is 139 Å². The summed E-state index contributed by atoms with van der Waals surface area (Å²) in [7, 11) is -3.80. The standard InChI is InChI=1S/C29H25ClN6O4S2/c1-18-7-6-10-23(15-18)42(39,40)19(2)31-25-16-26(37)24(32-28(38)20-11-13-21(30)14-12-20)17-27(25)41-29-33-34-35-36(29)22-8-4-3-5-9-22/h3-17,19,31,37H,1-2H3,(H,32,38). The maximum absolute atomic E-state index is 13.4. The van der Waals surface area contributed by atoms with Crippen molar-refractivity contribution in [3.63, 3.8) is 0 Å². The molecule has 5 rings (SSSR count). The number of amides is 1. The van der Waals surface area contributed by atoms with Crippen LogP contribution in [0, 0.1) is 6.92 Å². The predicted molar refractivity (Wildman–Crippen MR) is 162 cm³/mol. The van der Waals surface area contributed by atoms with Crippen LogP contribution in [0.2, 0.25) is 5.02 Å². The first kappa shape index (κ1) is 29.1. The molecule has 214 valence electrons. The highest BCUT2D eigenvalue weighted by Crippen LogP contribution is 2.40. The Morgan fingerprint density at radius 2 is 1.71 bits per heavy atom. The number of para-hydroxylation sites is 1. The second kappa shape index (κ2) is 12.2. The van der Waals surface area contributed by atoms with Crippen LogP contribution < -0.4 is 10.6 Å². The third kappa shape index (κ3) is 6.40. The molecule has 1 unspecified atom stereocenters. The van der Waals surface area contributed by atoms with Crippen molar-refractivity contribution in [3.05, 3.63) is 107 Å². The number of carbonyl (C=O) groups excluding carboxylic acids is 1. The molecule has 0 saturated heterocycles. The Hall–Kier alpha value is -4.39. The van der Waals surface area contributed by atoms with E-state index in [1.165, 1.54) is 29.8 Å². The van der Waals surface area contributed by atoms with Gasteiger partial charge in [-0.15, -0.1) is 5.10 Å². The molecule has 5 aromatic rings. The highest BCUT2D eigenvalue weighted by molar-refractivity contribution is 7.99. The SMILES string of the molecule is Cc1cccc(S(=O)(=O)C(C)Nc2cc(O)c(NC(=O)c3ccc(Cl)cc3)cc2Sc2nnnn2-c2ccccc2)c1. The number of carbonyl (C=O) groups is 1. The van der Waals surface area contributed by atoms with Crippen LogP contribution in [0.5, 0.6) is 5.75 Å². The van der Waals surface area contributed by atoms with Crippen LogP contribution in [0.1, 0.15) is 22.8 Å². The smallest absolute Gasteiger partial charge is 0.255 e. The van der Waals surface area contributed by atoms with Gasteiger partial charge in [-0.1, -0.05) is 41.9 Å². The highest BCUT2D eigenvalue weighted by atomic mass is 35.5. The molecule has 13 heteroatoms. The molecule has 0 aliphatic rings. The second-order valence-electron chi connectivity index (χ2n) is 9.29. The van der Waals surface area contributed by atoms with Crippen molar-refractivity contribution >= 4 is 50.5 Å². The van der Waals surface area contributed by atoms with Gasteiger partial charge in [-0.05, 0) is 96.2 Å². The number of hydrogen-bond acceptors (Lipinski definition) is 9. The van der Waals surface area contributed by atoms with E-state index < -0.39 is 21.1 Å². The molecule has 1 amide bonds. The van der Waals surface area contributed by atoms with Crippen molar-refractivity contribution in [2.75, 3.05) is 10.6 Å². The molecule has 0 fully saturated rings. The first-order valence-electron chi connectivity index (χ1n) is 12.6. The van der Waals surface area contributed by atoms with Gasteiger partial charge >= 0.3 is 0 Å². The van der Waals surface area contributed by atoms with Gasteiger partial charge in [-0.3, -0.25) is 4.79 Å². The molecule has 0 spiro atoms. The minimum atomic E-state index is -3.80. The van der Waals surface area contributed by atoms with E-state index in [9.17, 15) is 18.3 Å². The number of nitrogens with zero attached hydrogens (tertiary/aromatic N) is 4. The minimum absolute atomic E-state index is 0.107. The Morgan fingerprint density at radius 1 is 0.976 bits per heavy atom. The van der Waals surface area contributed by atoms with Gasteiger partial charge in [0.2, 0.25) is 5.16 Å². The summed E-state index contributed by atoms with van der Waals surface area (Å²) in [5, 5.41) is 28.4. The third-order valence-corrected chi connectivity index (χ3v) is 9.44. The lowest BCUT2D eigenvalue weighted by atomic mass is 10.2. The fourth-order valence-electron chi connectivity index (χ4n) is 4.03. The monoisotopic (exact) mass is 620 g/mol. The number of tetrazole rings is 1. The molecule has 3 N–H and O–H groups in total. The quantitative estimate of drug-likeness (QED) is 0.170. The molecular formula is C29H25ClN6O4S2. The van der Waals surface area contributed by atoms with Crippen molar-refractivity contribution < 1.29 is 18.3 Å². The van der Waals surface area contributed by atoms with Crippen molar-refractivity contribution in [3.8, 4) is 11.4 Å². The molecule has 0 aliphatic heterocycles. The number of nitrogens with one attached hydrogen (secondary N) is 2. The largest absolute Gasteiger partial charge is 0.506 e. The van der Waals surface area contributed by atoms with Crippen LogP contribution >= 0.6 is 23.4 Å². The van der Waals surface area contributed by atoms with Crippen molar-refractivity contribution in [2.45, 2.75) is 34.2 Å². The molecule has 42 heavy (non-hydrogen) atoms. The third-order valence-electron chi connectivity index (χ3n) is 6.24. The number of benzene rings is 4. The number of aromatic hydroxyl groups is 1. The van der Waals surface area contributed by atoms with Crippen LogP contribution in [0.4, 0.5) is 11.4 Å². The van der Waals surface area contributed by atoms with E-state index in [4.69, 9.17) is 11.6 Å². The van der Waals surface area contributed by atoms with Crippen LogP contribution in [0.25, 0.3) is 5.69 Å². The van der Waals surface area contributed by atoms with Crippen molar-refractivity contribution in [1.82, 2.24) is 20.2 Å². The summed E-state index contributed by atoms with van der Waals surface area (Å²) < 4.78 is 28.3. The summed E-state index contributed by atoms with van der Waals surface area (Å²) >= 11 is 7.07. The van der Waals surface area contributed by atoms with Gasteiger partial charge in [0, 0.05) is 21.5 Å². The van der Waals surface area contributed by atoms with Crippen molar-refractivity contribution in [2.24, 2.45) is 0 Å². The van der Waals surface area contributed by atoms with Gasteiger partial charge in [0.15, 0.2) is 9.84 Å². The van der Waals surface area contributed by atoms with Crippen LogP contribution in [0.15, 0.2) is 106 Å². The summed E-state index contributed by atoms with van der Waals surface area (Å²) in [5.74, 6) is -0.741.